The number of anilines is 1. The van der Waals surface area contributed by atoms with E-state index >= 15 is 0 Å². The number of likely N-dealkylation sites (N-methyl/N-ethyl adjacent to an activating group) is 1. The van der Waals surface area contributed by atoms with Gasteiger partial charge in [0, 0.05) is 68.0 Å². The Labute approximate surface area is 378 Å². The number of Topliss-reactive ketones (excluding diaryl/α,β-unsaturated/α-hetero) is 1. The molecular weight excluding hydrogens is 839 g/mol. The van der Waals surface area contributed by atoms with Gasteiger partial charge in [-0.1, -0.05) is 52.8 Å². The molecular formula is C49H61N3O13. The lowest BCUT2D eigenvalue weighted by Gasteiger charge is -2.39. The van der Waals surface area contributed by atoms with E-state index in [1.807, 2.05) is 53.6 Å². The quantitative estimate of drug-likeness (QED) is 0.0725. The molecule has 2 aliphatic heterocycles. The van der Waals surface area contributed by atoms with Gasteiger partial charge in [0.2, 0.25) is 0 Å². The summed E-state index contributed by atoms with van der Waals surface area (Å²) in [7, 11) is 6.77. The number of methoxy groups -OCH3 is 2. The number of benzene rings is 3. The predicted octanol–water partition coefficient (Wildman–Crippen LogP) is 7.22. The maximum absolute atomic E-state index is 14.8. The van der Waals surface area contributed by atoms with Crippen LogP contribution in [0.15, 0.2) is 57.5 Å². The smallest absolute Gasteiger partial charge is 0.312 e. The maximum Gasteiger partial charge on any atom is 0.312 e. The van der Waals surface area contributed by atoms with Crippen molar-refractivity contribution >= 4 is 56.3 Å². The lowest BCUT2D eigenvalue weighted by atomic mass is 9.73. The fourth-order valence-corrected chi connectivity index (χ4v) is 8.65. The van der Waals surface area contributed by atoms with Gasteiger partial charge in [-0.3, -0.25) is 19.2 Å². The maximum atomic E-state index is 14.8. The number of rotatable bonds is 7. The fourth-order valence-electron chi connectivity index (χ4n) is 8.65. The van der Waals surface area contributed by atoms with E-state index in [9.17, 15) is 29.4 Å². The second kappa shape index (κ2) is 19.2. The van der Waals surface area contributed by atoms with Crippen LogP contribution in [-0.4, -0.2) is 103 Å². The van der Waals surface area contributed by atoms with Crippen LogP contribution in [0.3, 0.4) is 0 Å². The minimum Gasteiger partial charge on any atom is -0.505 e. The summed E-state index contributed by atoms with van der Waals surface area (Å²) in [6.07, 6.45) is 5.68. The van der Waals surface area contributed by atoms with E-state index in [0.29, 0.717) is 18.9 Å². The molecule has 16 nitrogen and oxygen atoms in total. The van der Waals surface area contributed by atoms with Gasteiger partial charge in [0.05, 0.1) is 36.5 Å². The normalized spacial score (nSPS) is 28.4. The van der Waals surface area contributed by atoms with E-state index in [-0.39, 0.29) is 90.5 Å². The first-order chi connectivity index (χ1) is 30.6. The van der Waals surface area contributed by atoms with Crippen molar-refractivity contribution < 1.29 is 57.4 Å². The van der Waals surface area contributed by atoms with Crippen molar-refractivity contribution in [3.63, 3.8) is 0 Å². The molecule has 1 aromatic heterocycles. The Morgan fingerprint density at radius 1 is 0.969 bits per heavy atom. The molecule has 0 fully saturated rings. The summed E-state index contributed by atoms with van der Waals surface area (Å²) in [4.78, 5) is 62.6. The highest BCUT2D eigenvalue weighted by Crippen LogP contribution is 2.49. The number of aromatic nitrogens is 1. The molecule has 0 spiro atoms. The van der Waals surface area contributed by atoms with E-state index in [4.69, 9.17) is 37.8 Å². The largest absolute Gasteiger partial charge is 0.505 e. The highest BCUT2D eigenvalue weighted by molar-refractivity contribution is 6.26. The van der Waals surface area contributed by atoms with Gasteiger partial charge in [0.15, 0.2) is 28.1 Å². The lowest BCUT2D eigenvalue weighted by molar-refractivity contribution is -0.157. The number of amides is 1. The Morgan fingerprint density at radius 3 is 2.32 bits per heavy atom. The second-order valence-corrected chi connectivity index (χ2v) is 17.7. The molecule has 4 aromatic rings. The number of hydrogen-bond donors (Lipinski definition) is 3. The van der Waals surface area contributed by atoms with Crippen LogP contribution >= 0.6 is 0 Å². The van der Waals surface area contributed by atoms with E-state index in [2.05, 4.69) is 5.32 Å². The van der Waals surface area contributed by atoms with E-state index in [1.54, 1.807) is 43.4 Å². The third-order valence-electron chi connectivity index (χ3n) is 13.0. The van der Waals surface area contributed by atoms with Gasteiger partial charge >= 0.3 is 11.8 Å². The molecule has 3 N–H and O–H groups in total. The molecule has 2 aliphatic rings. The number of fused-ring (bicyclic) bond motifs is 2. The van der Waals surface area contributed by atoms with E-state index < -0.39 is 58.9 Å². The average molecular weight is 900 g/mol. The van der Waals surface area contributed by atoms with Crippen molar-refractivity contribution in [2.75, 3.05) is 46.8 Å². The summed E-state index contributed by atoms with van der Waals surface area (Å²) < 4.78 is 42.5. The summed E-state index contributed by atoms with van der Waals surface area (Å²) >= 11 is 0. The van der Waals surface area contributed by atoms with Crippen LogP contribution in [0.2, 0.25) is 0 Å². The van der Waals surface area contributed by atoms with Crippen LogP contribution in [0.1, 0.15) is 71.3 Å². The standard InChI is InChI=1S/C49H61N3O13/c1-23-15-14-16-24(2)48(58)51-40-43(56)36-35(39-46(40)64-34-22-31(61-20-18-52(10)11)21-33(60-13)38(34)50-39)37-45(29(7)42(36)55)65-49(9,47(37)57)62-19-17-32(59-12)28(6)44(63-30(8)53)27(5)25(3)26(4)41(23)54/h14-17,19,21-23,25-28,32,41,44,54,56H,18,20H2,1-13H3,(H,51,58)/b15-14+,19-17+,24-16-/t23-,25+,26-,27+,28+,32-,41-,44-,49-/m0/s1. The van der Waals surface area contributed by atoms with Gasteiger partial charge in [-0.05, 0) is 51.8 Å². The number of carbonyl (C=O) groups is 3. The molecule has 3 aromatic carbocycles. The molecule has 6 rings (SSSR count). The lowest BCUT2D eigenvalue weighted by Crippen LogP contribution is -2.43. The summed E-state index contributed by atoms with van der Waals surface area (Å²) in [5.74, 6) is -5.48. The number of allylic oxidation sites excluding steroid dienone is 2. The zero-order chi connectivity index (χ0) is 47.8. The highest BCUT2D eigenvalue weighted by Gasteiger charge is 2.49. The number of phenols is 1. The second-order valence-electron chi connectivity index (χ2n) is 17.7. The van der Waals surface area contributed by atoms with Crippen LogP contribution < -0.4 is 25.0 Å². The van der Waals surface area contributed by atoms with Crippen LogP contribution in [0.25, 0.3) is 33.0 Å². The van der Waals surface area contributed by atoms with Crippen LogP contribution in [0, 0.1) is 36.5 Å². The Kier molecular flexibility index (Phi) is 14.4. The number of carbonyl (C=O) groups excluding carboxylic acids is 3. The molecule has 0 saturated carbocycles. The highest BCUT2D eigenvalue weighted by atomic mass is 16.7. The van der Waals surface area contributed by atoms with Gasteiger partial charge in [-0.25, -0.2) is 4.98 Å². The summed E-state index contributed by atoms with van der Waals surface area (Å²) in [5, 5.41) is 26.1. The Balaban J connectivity index is 1.61. The summed E-state index contributed by atoms with van der Waals surface area (Å²) in [5.41, 5.74) is -0.773. The predicted molar refractivity (Wildman–Crippen MR) is 246 cm³/mol. The van der Waals surface area contributed by atoms with E-state index in [0.717, 1.165) is 0 Å². The third-order valence-corrected chi connectivity index (χ3v) is 13.0. The monoisotopic (exact) mass is 899 g/mol. The first kappa shape index (κ1) is 48.5. The molecule has 0 radical (unpaired) electrons. The van der Waals surface area contributed by atoms with Crippen molar-refractivity contribution in [1.29, 1.82) is 0 Å². The Bertz CT molecular complexity index is 2670. The molecule has 0 unspecified atom stereocenters. The van der Waals surface area contributed by atoms with Crippen molar-refractivity contribution in [2.45, 2.75) is 86.4 Å². The first-order valence-corrected chi connectivity index (χ1v) is 21.7. The van der Waals surface area contributed by atoms with Crippen molar-refractivity contribution in [2.24, 2.45) is 29.6 Å². The molecule has 0 saturated heterocycles. The van der Waals surface area contributed by atoms with Crippen LogP contribution in [0.4, 0.5) is 5.69 Å². The minimum atomic E-state index is -2.03. The van der Waals surface area contributed by atoms with Gasteiger partial charge in [-0.15, -0.1) is 0 Å². The SMILES string of the molecule is COc1cc(OCCN(C)C)cc2oc3c4c(O)c5c(=O)c(C)c6c(c5c3nc12)C(=O)[C@@](C)(O/C=C/[C@H](OC)[C@@H](C)[C@@H](OC(C)=O)[C@H](C)[C@H](C)[C@H](C)[C@@H](O)[C@@H](C)/C=C/C=C(/C)C(=O)N4)O6. The molecule has 65 heavy (non-hydrogen) atoms. The van der Waals surface area contributed by atoms with Gasteiger partial charge < -0.3 is 53.3 Å². The molecule has 4 bridgehead atoms. The van der Waals surface area contributed by atoms with E-state index in [1.165, 1.54) is 41.3 Å². The van der Waals surface area contributed by atoms with Gasteiger partial charge in [-0.2, -0.15) is 0 Å². The van der Waals surface area contributed by atoms with Crippen LogP contribution in [0.5, 0.6) is 23.0 Å². The zero-order valence-corrected chi connectivity index (χ0v) is 39.4. The fraction of sp³-hybridized carbons (Fsp3) is 0.490. The van der Waals surface area contributed by atoms with Gasteiger partial charge in [0.25, 0.3) is 11.7 Å². The average Bonchev–Trinajstić information content (AvgIpc) is 3.53. The Morgan fingerprint density at radius 2 is 1.68 bits per heavy atom. The third kappa shape index (κ3) is 9.29. The summed E-state index contributed by atoms with van der Waals surface area (Å²) in [6, 6.07) is 3.22. The number of nitrogens with zero attached hydrogens (tertiary/aromatic N) is 2. The number of aliphatic hydroxyl groups excluding tert-OH is 1. The molecule has 0 aliphatic carbocycles. The molecule has 9 atom stereocenters. The zero-order valence-electron chi connectivity index (χ0n) is 39.4. The van der Waals surface area contributed by atoms with Gasteiger partial charge in [0.1, 0.15) is 40.9 Å². The topological polar surface area (TPSA) is 205 Å². The number of ether oxygens (including phenoxy) is 6. The number of hydrogen-bond acceptors (Lipinski definition) is 15. The number of aromatic hydroxyl groups is 1. The molecule has 350 valence electrons. The number of aliphatic hydroxyl groups is 1. The number of phenolic OH excluding ortho intramolecular Hbond substituents is 1. The van der Waals surface area contributed by atoms with Crippen molar-refractivity contribution in [1.82, 2.24) is 9.88 Å². The Hall–Kier alpha value is -5.97. The number of esters is 1. The van der Waals surface area contributed by atoms with Crippen LogP contribution in [-0.2, 0) is 23.8 Å². The van der Waals surface area contributed by atoms with Crippen molar-refractivity contribution in [3.8, 4) is 23.0 Å². The van der Waals surface area contributed by atoms with Crippen molar-refractivity contribution in [3.05, 3.63) is 69.6 Å². The first-order valence-electron chi connectivity index (χ1n) is 21.7. The number of ketones is 1. The molecule has 16 heteroatoms. The molecule has 1 amide bonds. The number of nitrogens with one attached hydrogen (secondary N) is 1. The summed E-state index contributed by atoms with van der Waals surface area (Å²) in [6.45, 7) is 16.3. The minimum absolute atomic E-state index is 0.00750. The molecule has 3 heterocycles.